The summed E-state index contributed by atoms with van der Waals surface area (Å²) in [6, 6.07) is 0. The Bertz CT molecular complexity index is 285. The normalized spacial score (nSPS) is 35.9. The fraction of sp³-hybridized carbons (Fsp3) is 1.00. The number of likely N-dealkylation sites (tertiary alicyclic amines) is 1. The molecule has 0 aromatic carbocycles. The van der Waals surface area contributed by atoms with Gasteiger partial charge in [-0.1, -0.05) is 33.6 Å². The zero-order chi connectivity index (χ0) is 14.6. The van der Waals surface area contributed by atoms with Crippen molar-refractivity contribution in [3.05, 3.63) is 0 Å². The van der Waals surface area contributed by atoms with Crippen LogP contribution in [0, 0.1) is 17.3 Å². The van der Waals surface area contributed by atoms with Gasteiger partial charge in [0.15, 0.2) is 0 Å². The van der Waals surface area contributed by atoms with Crippen molar-refractivity contribution in [3.8, 4) is 0 Å². The highest BCUT2D eigenvalue weighted by molar-refractivity contribution is 4.91. The Kier molecular flexibility index (Phi) is 5.88. The van der Waals surface area contributed by atoms with Crippen LogP contribution in [-0.4, -0.2) is 48.8 Å². The standard InChI is InChI=1S/C17H34N2O/c1-14(2)10-18-12-17(7-4-15(3)5-8-17)13-19-9-6-16(20)11-19/h14-16,18,20H,4-13H2,1-3H3. The Morgan fingerprint density at radius 2 is 1.95 bits per heavy atom. The second kappa shape index (κ2) is 7.24. The first-order chi connectivity index (χ1) is 9.49. The van der Waals surface area contributed by atoms with Gasteiger partial charge in [0.2, 0.25) is 0 Å². The molecule has 20 heavy (non-hydrogen) atoms. The molecule has 0 spiro atoms. The van der Waals surface area contributed by atoms with Gasteiger partial charge in [-0.15, -0.1) is 0 Å². The molecule has 1 aliphatic carbocycles. The number of aliphatic hydroxyl groups is 1. The Morgan fingerprint density at radius 3 is 2.50 bits per heavy atom. The van der Waals surface area contributed by atoms with E-state index in [9.17, 15) is 5.11 Å². The minimum atomic E-state index is -0.0850. The Morgan fingerprint density at radius 1 is 1.25 bits per heavy atom. The molecule has 1 saturated heterocycles. The summed E-state index contributed by atoms with van der Waals surface area (Å²) in [6.45, 7) is 12.4. The monoisotopic (exact) mass is 282 g/mol. The van der Waals surface area contributed by atoms with E-state index in [1.54, 1.807) is 0 Å². The van der Waals surface area contributed by atoms with Crippen molar-refractivity contribution in [1.82, 2.24) is 10.2 Å². The lowest BCUT2D eigenvalue weighted by atomic mass is 9.70. The molecule has 1 atom stereocenters. The molecule has 2 N–H and O–H groups in total. The SMILES string of the molecule is CC(C)CNCC1(CN2CCC(O)C2)CCC(C)CC1. The number of nitrogens with zero attached hydrogens (tertiary/aromatic N) is 1. The predicted molar refractivity (Wildman–Crippen MR) is 84.8 cm³/mol. The summed E-state index contributed by atoms with van der Waals surface area (Å²) < 4.78 is 0. The van der Waals surface area contributed by atoms with Crippen LogP contribution < -0.4 is 5.32 Å². The molecule has 2 rings (SSSR count). The van der Waals surface area contributed by atoms with Crippen LogP contribution in [0.5, 0.6) is 0 Å². The van der Waals surface area contributed by atoms with Crippen molar-refractivity contribution in [3.63, 3.8) is 0 Å². The first kappa shape index (κ1) is 16.3. The molecule has 3 nitrogen and oxygen atoms in total. The van der Waals surface area contributed by atoms with Crippen molar-refractivity contribution in [2.24, 2.45) is 17.3 Å². The number of hydrogen-bond acceptors (Lipinski definition) is 3. The summed E-state index contributed by atoms with van der Waals surface area (Å²) in [5.74, 6) is 1.63. The second-order valence-corrected chi connectivity index (χ2v) is 7.88. The van der Waals surface area contributed by atoms with Crippen LogP contribution >= 0.6 is 0 Å². The van der Waals surface area contributed by atoms with Gasteiger partial charge in [0.05, 0.1) is 6.10 Å². The lowest BCUT2D eigenvalue weighted by molar-refractivity contribution is 0.0881. The van der Waals surface area contributed by atoms with Crippen LogP contribution in [-0.2, 0) is 0 Å². The van der Waals surface area contributed by atoms with Crippen molar-refractivity contribution in [2.45, 2.75) is 59.0 Å². The third-order valence-electron chi connectivity index (χ3n) is 5.19. The Balaban J connectivity index is 1.89. The van der Waals surface area contributed by atoms with E-state index in [0.717, 1.165) is 44.4 Å². The molecule has 0 aromatic rings. The van der Waals surface area contributed by atoms with Crippen LogP contribution in [0.2, 0.25) is 0 Å². The summed E-state index contributed by atoms with van der Waals surface area (Å²) >= 11 is 0. The van der Waals surface area contributed by atoms with Gasteiger partial charge >= 0.3 is 0 Å². The van der Waals surface area contributed by atoms with Gasteiger partial charge < -0.3 is 15.3 Å². The summed E-state index contributed by atoms with van der Waals surface area (Å²) in [5.41, 5.74) is 0.450. The lowest BCUT2D eigenvalue weighted by Crippen LogP contribution is -2.46. The van der Waals surface area contributed by atoms with Crippen LogP contribution in [0.3, 0.4) is 0 Å². The van der Waals surface area contributed by atoms with Crippen molar-refractivity contribution in [1.29, 1.82) is 0 Å². The highest BCUT2D eigenvalue weighted by Crippen LogP contribution is 2.39. The van der Waals surface area contributed by atoms with Crippen LogP contribution in [0.4, 0.5) is 0 Å². The highest BCUT2D eigenvalue weighted by atomic mass is 16.3. The molecule has 0 bridgehead atoms. The highest BCUT2D eigenvalue weighted by Gasteiger charge is 2.37. The van der Waals surface area contributed by atoms with Crippen LogP contribution in [0.1, 0.15) is 52.9 Å². The van der Waals surface area contributed by atoms with E-state index >= 15 is 0 Å². The van der Waals surface area contributed by atoms with E-state index in [0.29, 0.717) is 5.41 Å². The topological polar surface area (TPSA) is 35.5 Å². The Hall–Kier alpha value is -0.120. The minimum absolute atomic E-state index is 0.0850. The van der Waals surface area contributed by atoms with E-state index in [1.165, 1.54) is 32.2 Å². The molecule has 0 amide bonds. The first-order valence-electron chi connectivity index (χ1n) is 8.60. The van der Waals surface area contributed by atoms with Gasteiger partial charge in [0, 0.05) is 26.2 Å². The molecular formula is C17H34N2O. The Labute approximate surface area is 125 Å². The van der Waals surface area contributed by atoms with E-state index in [4.69, 9.17) is 0 Å². The summed E-state index contributed by atoms with van der Waals surface area (Å²) in [5, 5.41) is 13.5. The third-order valence-corrected chi connectivity index (χ3v) is 5.19. The average Bonchev–Trinajstić information content (AvgIpc) is 2.78. The molecular weight excluding hydrogens is 248 g/mol. The zero-order valence-corrected chi connectivity index (χ0v) is 13.7. The molecule has 1 saturated carbocycles. The fourth-order valence-corrected chi connectivity index (χ4v) is 3.82. The first-order valence-corrected chi connectivity index (χ1v) is 8.60. The van der Waals surface area contributed by atoms with Crippen molar-refractivity contribution < 1.29 is 5.11 Å². The van der Waals surface area contributed by atoms with E-state index in [1.807, 2.05) is 0 Å². The van der Waals surface area contributed by atoms with Gasteiger partial charge in [-0.2, -0.15) is 0 Å². The summed E-state index contributed by atoms with van der Waals surface area (Å²) in [4.78, 5) is 2.50. The predicted octanol–water partition coefficient (Wildman–Crippen LogP) is 2.50. The molecule has 0 radical (unpaired) electrons. The van der Waals surface area contributed by atoms with Gasteiger partial charge in [-0.05, 0) is 43.1 Å². The molecule has 118 valence electrons. The van der Waals surface area contributed by atoms with Gasteiger partial charge in [0.25, 0.3) is 0 Å². The number of β-amino-alcohol motifs (C(OH)–C–C–N with tert-alkyl or cyclic N) is 1. The van der Waals surface area contributed by atoms with E-state index in [-0.39, 0.29) is 6.10 Å². The molecule has 0 aromatic heterocycles. The number of nitrogens with one attached hydrogen (secondary N) is 1. The molecule has 1 unspecified atom stereocenters. The lowest BCUT2D eigenvalue weighted by Gasteiger charge is -2.42. The smallest absolute Gasteiger partial charge is 0.0679 e. The van der Waals surface area contributed by atoms with E-state index in [2.05, 4.69) is 31.0 Å². The van der Waals surface area contributed by atoms with Crippen molar-refractivity contribution >= 4 is 0 Å². The maximum absolute atomic E-state index is 9.75. The number of aliphatic hydroxyl groups excluding tert-OH is 1. The zero-order valence-electron chi connectivity index (χ0n) is 13.7. The molecule has 1 aliphatic heterocycles. The second-order valence-electron chi connectivity index (χ2n) is 7.88. The number of rotatable bonds is 6. The molecule has 2 fully saturated rings. The quantitative estimate of drug-likeness (QED) is 0.786. The number of hydrogen-bond donors (Lipinski definition) is 2. The van der Waals surface area contributed by atoms with Gasteiger partial charge in [0.1, 0.15) is 0 Å². The fourth-order valence-electron chi connectivity index (χ4n) is 3.82. The average molecular weight is 282 g/mol. The van der Waals surface area contributed by atoms with Crippen LogP contribution in [0.25, 0.3) is 0 Å². The van der Waals surface area contributed by atoms with Gasteiger partial charge in [-0.25, -0.2) is 0 Å². The third kappa shape index (κ3) is 4.71. The maximum Gasteiger partial charge on any atom is 0.0679 e. The molecule has 3 heteroatoms. The van der Waals surface area contributed by atoms with E-state index < -0.39 is 0 Å². The molecule has 2 aliphatic rings. The largest absolute Gasteiger partial charge is 0.392 e. The molecule has 1 heterocycles. The van der Waals surface area contributed by atoms with Gasteiger partial charge in [-0.3, -0.25) is 0 Å². The summed E-state index contributed by atoms with van der Waals surface area (Å²) in [6.07, 6.45) is 6.33. The van der Waals surface area contributed by atoms with Crippen molar-refractivity contribution in [2.75, 3.05) is 32.7 Å². The maximum atomic E-state index is 9.75. The van der Waals surface area contributed by atoms with Crippen LogP contribution in [0.15, 0.2) is 0 Å². The summed E-state index contributed by atoms with van der Waals surface area (Å²) in [7, 11) is 0. The minimum Gasteiger partial charge on any atom is -0.392 e.